The van der Waals surface area contributed by atoms with E-state index in [4.69, 9.17) is 0 Å². The van der Waals surface area contributed by atoms with Crippen LogP contribution >= 0.6 is 0 Å². The largest absolute Gasteiger partial charge is 0.481 e. The second kappa shape index (κ2) is 8.98. The van der Waals surface area contributed by atoms with Gasteiger partial charge in [-0.1, -0.05) is 34.1 Å². The van der Waals surface area contributed by atoms with Crippen LogP contribution in [0.1, 0.15) is 79.1 Å². The normalized spacial score (nSPS) is 50.1. The summed E-state index contributed by atoms with van der Waals surface area (Å²) in [7, 11) is 0. The van der Waals surface area contributed by atoms with Crippen molar-refractivity contribution in [2.75, 3.05) is 6.67 Å². The molecule has 12 atom stereocenters. The van der Waals surface area contributed by atoms with Crippen molar-refractivity contribution in [3.8, 4) is 0 Å². The number of fused-ring (bicyclic) bond motifs is 5. The molecule has 0 heterocycles. The Labute approximate surface area is 198 Å². The molecule has 0 bridgehead atoms. The fraction of sp³-hybridized carbons (Fsp3) is 0.926. The van der Waals surface area contributed by atoms with Gasteiger partial charge in [-0.15, -0.1) is 0 Å². The summed E-state index contributed by atoms with van der Waals surface area (Å²) in [5.41, 5.74) is -0.343. The molecule has 4 unspecified atom stereocenters. The van der Waals surface area contributed by atoms with Gasteiger partial charge < -0.3 is 25.5 Å². The quantitative estimate of drug-likeness (QED) is 0.369. The van der Waals surface area contributed by atoms with Crippen LogP contribution in [0.5, 0.6) is 0 Å². The zero-order chi connectivity index (χ0) is 24.3. The maximum absolute atomic E-state index is 13.4. The van der Waals surface area contributed by atoms with Gasteiger partial charge in [-0.25, -0.2) is 4.39 Å². The van der Waals surface area contributed by atoms with E-state index in [0.717, 1.165) is 38.5 Å². The summed E-state index contributed by atoms with van der Waals surface area (Å²) in [6, 6.07) is 0. The van der Waals surface area contributed by atoms with E-state index in [1.165, 1.54) is 0 Å². The summed E-state index contributed by atoms with van der Waals surface area (Å²) in [5, 5.41) is 52.7. The number of allylic oxidation sites excluding steroid dienone is 1. The lowest BCUT2D eigenvalue weighted by molar-refractivity contribution is -0.228. The Morgan fingerprint density at radius 1 is 1.00 bits per heavy atom. The molecule has 5 N–H and O–H groups in total. The first-order valence-corrected chi connectivity index (χ1v) is 13.2. The summed E-state index contributed by atoms with van der Waals surface area (Å²) < 4.78 is 13.4. The third-order valence-corrected chi connectivity index (χ3v) is 11.3. The van der Waals surface area contributed by atoms with Gasteiger partial charge in [0.05, 0.1) is 18.3 Å². The molecule has 0 spiro atoms. The van der Waals surface area contributed by atoms with E-state index in [1.54, 1.807) is 0 Å². The summed E-state index contributed by atoms with van der Waals surface area (Å²) in [4.78, 5) is 0. The minimum absolute atomic E-state index is 0.00196. The zero-order valence-corrected chi connectivity index (χ0v) is 20.8. The van der Waals surface area contributed by atoms with Crippen LogP contribution in [0.4, 0.5) is 4.39 Å². The maximum atomic E-state index is 13.4. The molecule has 0 aliphatic heterocycles. The first-order valence-electron chi connectivity index (χ1n) is 13.2. The first kappa shape index (κ1) is 25.2. The lowest BCUT2D eigenvalue weighted by Crippen LogP contribution is -2.65. The van der Waals surface area contributed by atoms with Crippen LogP contribution in [0.2, 0.25) is 0 Å². The van der Waals surface area contributed by atoms with E-state index in [9.17, 15) is 29.9 Å². The van der Waals surface area contributed by atoms with E-state index in [0.29, 0.717) is 6.42 Å². The average Bonchev–Trinajstić information content (AvgIpc) is 3.12. The number of alkyl halides is 1. The molecule has 0 aromatic rings. The molecule has 4 saturated carbocycles. The summed E-state index contributed by atoms with van der Waals surface area (Å²) >= 11 is 0. The number of rotatable bonds is 5. The van der Waals surface area contributed by atoms with E-state index >= 15 is 0 Å². The summed E-state index contributed by atoms with van der Waals surface area (Å²) in [6.45, 7) is 7.81. The molecular formula is C27H45FO5. The molecule has 33 heavy (non-hydrogen) atoms. The second-order valence-electron chi connectivity index (χ2n) is 12.4. The van der Waals surface area contributed by atoms with Crippen molar-refractivity contribution in [2.45, 2.75) is 97.4 Å². The van der Waals surface area contributed by atoms with Crippen LogP contribution in [0.25, 0.3) is 0 Å². The average molecular weight is 469 g/mol. The number of hydrogen-bond acceptors (Lipinski definition) is 5. The van der Waals surface area contributed by atoms with Crippen molar-refractivity contribution in [2.24, 2.45) is 52.3 Å². The predicted octanol–water partition coefficient (Wildman–Crippen LogP) is 4.91. The molecule has 0 aromatic heterocycles. The Bertz CT molecular complexity index is 753. The standard InChI is InChI=1S/C27H45FO5/c1-5-17-20-11-16(29)8-9-26(20,3)21-12-22(30)27(4)18(6-7-19(27)23(21)24(17)31)14(2)10-15(13-28)25(32)33/h14,16-24,29-33H,5-13H2,1-4H3/t14-,16-,17-,18-,19?,20+,21?,22+,23?,24?,26+,27-/m1/s1. The highest BCUT2D eigenvalue weighted by Gasteiger charge is 2.67. The van der Waals surface area contributed by atoms with Crippen LogP contribution < -0.4 is 0 Å². The molecule has 0 aromatic carbocycles. The van der Waals surface area contributed by atoms with E-state index in [2.05, 4.69) is 20.8 Å². The molecular weight excluding hydrogens is 423 g/mol. The number of halogens is 1. The highest BCUT2D eigenvalue weighted by atomic mass is 19.1. The van der Waals surface area contributed by atoms with E-state index in [-0.39, 0.29) is 70.4 Å². The molecule has 6 heteroatoms. The molecule has 4 aliphatic carbocycles. The van der Waals surface area contributed by atoms with Crippen LogP contribution in [-0.2, 0) is 0 Å². The second-order valence-corrected chi connectivity index (χ2v) is 12.4. The van der Waals surface area contributed by atoms with Crippen molar-refractivity contribution in [3.63, 3.8) is 0 Å². The van der Waals surface area contributed by atoms with Gasteiger partial charge in [0.15, 0.2) is 0 Å². The SMILES string of the molecule is CC[C@H]1C(O)C2C3CC[C@H]([C@H](C)CC(CF)=C(O)O)[C@@]3(C)[C@@H](O)CC2[C@@]2(C)CC[C@@H](O)C[C@@H]12. The number of aliphatic hydroxyl groups is 5. The molecule has 190 valence electrons. The van der Waals surface area contributed by atoms with Crippen LogP contribution in [0.15, 0.2) is 11.5 Å². The van der Waals surface area contributed by atoms with Crippen LogP contribution in [0.3, 0.4) is 0 Å². The van der Waals surface area contributed by atoms with Crippen molar-refractivity contribution < 1.29 is 29.9 Å². The fourth-order valence-corrected chi connectivity index (χ4v) is 9.63. The third kappa shape index (κ3) is 3.74. The van der Waals surface area contributed by atoms with Gasteiger partial charge in [0, 0.05) is 5.57 Å². The molecule has 4 rings (SSSR count). The minimum Gasteiger partial charge on any atom is -0.481 e. The van der Waals surface area contributed by atoms with Gasteiger partial charge in [0.1, 0.15) is 6.67 Å². The fourth-order valence-electron chi connectivity index (χ4n) is 9.63. The van der Waals surface area contributed by atoms with Gasteiger partial charge in [-0.05, 0) is 97.2 Å². The highest BCUT2D eigenvalue weighted by Crippen LogP contribution is 2.69. The van der Waals surface area contributed by atoms with Crippen molar-refractivity contribution in [1.82, 2.24) is 0 Å². The highest BCUT2D eigenvalue weighted by molar-refractivity contribution is 5.16. The Kier molecular flexibility index (Phi) is 6.87. The lowest BCUT2D eigenvalue weighted by Gasteiger charge is -2.65. The van der Waals surface area contributed by atoms with Crippen LogP contribution in [0, 0.1) is 52.3 Å². The van der Waals surface area contributed by atoms with Crippen LogP contribution in [-0.4, -0.2) is 50.5 Å². The van der Waals surface area contributed by atoms with E-state index < -0.39 is 24.8 Å². The Morgan fingerprint density at radius 2 is 1.70 bits per heavy atom. The number of hydrogen-bond donors (Lipinski definition) is 5. The molecule has 0 saturated heterocycles. The van der Waals surface area contributed by atoms with Gasteiger partial charge in [0.25, 0.3) is 5.95 Å². The molecule has 0 amide bonds. The Balaban J connectivity index is 1.67. The first-order chi connectivity index (χ1) is 15.5. The van der Waals surface area contributed by atoms with Gasteiger partial charge in [-0.2, -0.15) is 0 Å². The topological polar surface area (TPSA) is 101 Å². The maximum Gasteiger partial charge on any atom is 0.275 e. The zero-order valence-electron chi connectivity index (χ0n) is 20.8. The third-order valence-electron chi connectivity index (χ3n) is 11.3. The summed E-state index contributed by atoms with van der Waals surface area (Å²) in [6.07, 6.45) is 4.90. The Morgan fingerprint density at radius 3 is 2.30 bits per heavy atom. The Hall–Kier alpha value is -0.850. The van der Waals surface area contributed by atoms with Gasteiger partial charge >= 0.3 is 0 Å². The molecule has 4 fully saturated rings. The van der Waals surface area contributed by atoms with E-state index in [1.807, 2.05) is 6.92 Å². The van der Waals surface area contributed by atoms with Crippen molar-refractivity contribution in [3.05, 3.63) is 11.5 Å². The lowest BCUT2D eigenvalue weighted by atomic mass is 9.41. The molecule has 5 nitrogen and oxygen atoms in total. The summed E-state index contributed by atoms with van der Waals surface area (Å²) in [5.74, 6) is 0.201. The van der Waals surface area contributed by atoms with Gasteiger partial charge in [-0.3, -0.25) is 0 Å². The van der Waals surface area contributed by atoms with Crippen molar-refractivity contribution in [1.29, 1.82) is 0 Å². The monoisotopic (exact) mass is 468 g/mol. The van der Waals surface area contributed by atoms with Crippen molar-refractivity contribution >= 4 is 0 Å². The molecule has 4 aliphatic rings. The van der Waals surface area contributed by atoms with Gasteiger partial charge in [0.2, 0.25) is 0 Å². The predicted molar refractivity (Wildman–Crippen MR) is 125 cm³/mol. The minimum atomic E-state index is -0.916. The smallest absolute Gasteiger partial charge is 0.275 e. The molecule has 0 radical (unpaired) electrons. The number of aliphatic hydroxyl groups excluding tert-OH is 4.